The lowest BCUT2D eigenvalue weighted by Gasteiger charge is -2.22. The highest BCUT2D eigenvalue weighted by Gasteiger charge is 2.20. The fourth-order valence-corrected chi connectivity index (χ4v) is 5.00. The predicted molar refractivity (Wildman–Crippen MR) is 160 cm³/mol. The van der Waals surface area contributed by atoms with E-state index in [9.17, 15) is 9.59 Å². The summed E-state index contributed by atoms with van der Waals surface area (Å²) < 4.78 is 11.3. The van der Waals surface area contributed by atoms with Crippen LogP contribution in [0.3, 0.4) is 0 Å². The molecule has 0 spiro atoms. The second-order valence-corrected chi connectivity index (χ2v) is 9.98. The molecular weight excluding hydrogens is 512 g/mol. The molecule has 0 aliphatic carbocycles. The van der Waals surface area contributed by atoms with Gasteiger partial charge in [0.25, 0.3) is 0 Å². The van der Waals surface area contributed by atoms with E-state index >= 15 is 0 Å². The van der Waals surface area contributed by atoms with E-state index in [1.807, 2.05) is 66.7 Å². The van der Waals surface area contributed by atoms with Crippen LogP contribution in [-0.4, -0.2) is 23.5 Å². The molecule has 0 bridgehead atoms. The number of hydrogen-bond acceptors (Lipinski definition) is 5. The Morgan fingerprint density at radius 3 is 2.46 bits per heavy atom. The van der Waals surface area contributed by atoms with Gasteiger partial charge < -0.3 is 14.5 Å². The first kappa shape index (κ1) is 27.6. The van der Waals surface area contributed by atoms with E-state index in [4.69, 9.17) is 9.15 Å². The van der Waals surface area contributed by atoms with Crippen molar-refractivity contribution >= 4 is 28.4 Å². The van der Waals surface area contributed by atoms with Gasteiger partial charge in [-0.15, -0.1) is 0 Å². The quantitative estimate of drug-likeness (QED) is 0.161. The number of aryl methyl sites for hydroxylation is 2. The summed E-state index contributed by atoms with van der Waals surface area (Å²) in [6, 6.07) is 27.3. The number of nitrogens with zero attached hydrogens (tertiary/aromatic N) is 1. The van der Waals surface area contributed by atoms with E-state index in [0.717, 1.165) is 33.2 Å². The first-order valence-electron chi connectivity index (χ1n) is 13.6. The largest absolute Gasteiger partial charge is 0.463 e. The SMILES string of the molecule is CCOC(=O)C=C(c1ccncc1)c1cc2cc(CC(=O)NC(c3ccccc3)c3ccc(C)cc3C)ccc2o1. The molecule has 0 aliphatic rings. The molecule has 1 amide bonds. The number of benzene rings is 3. The molecule has 5 rings (SSSR count). The maximum absolute atomic E-state index is 13.4. The van der Waals surface area contributed by atoms with Crippen molar-refractivity contribution in [2.24, 2.45) is 0 Å². The number of pyridine rings is 1. The number of amides is 1. The molecule has 0 radical (unpaired) electrons. The zero-order chi connectivity index (χ0) is 28.8. The smallest absolute Gasteiger partial charge is 0.331 e. The molecule has 0 saturated heterocycles. The van der Waals surface area contributed by atoms with Crippen LogP contribution in [-0.2, 0) is 20.7 Å². The van der Waals surface area contributed by atoms with Crippen molar-refractivity contribution < 1.29 is 18.7 Å². The Morgan fingerprint density at radius 1 is 0.951 bits per heavy atom. The van der Waals surface area contributed by atoms with Crippen LogP contribution in [0.1, 0.15) is 52.1 Å². The Morgan fingerprint density at radius 2 is 1.73 bits per heavy atom. The van der Waals surface area contributed by atoms with Crippen molar-refractivity contribution in [3.8, 4) is 0 Å². The number of esters is 1. The van der Waals surface area contributed by atoms with Crippen molar-refractivity contribution in [1.82, 2.24) is 10.3 Å². The Hall–Kier alpha value is -4.97. The van der Waals surface area contributed by atoms with Gasteiger partial charge in [0.15, 0.2) is 0 Å². The summed E-state index contributed by atoms with van der Waals surface area (Å²) in [6.07, 6.45) is 4.96. The number of carbonyl (C=O) groups is 2. The first-order valence-corrected chi connectivity index (χ1v) is 13.6. The number of carbonyl (C=O) groups excluding carboxylic acids is 2. The van der Waals surface area contributed by atoms with Crippen LogP contribution < -0.4 is 5.32 Å². The van der Waals surface area contributed by atoms with Gasteiger partial charge in [0.1, 0.15) is 11.3 Å². The first-order chi connectivity index (χ1) is 19.9. The number of aromatic nitrogens is 1. The molecule has 1 unspecified atom stereocenters. The Bertz CT molecular complexity index is 1700. The summed E-state index contributed by atoms with van der Waals surface area (Å²) in [6.45, 7) is 6.18. The fraction of sp³-hybridized carbons (Fsp3) is 0.171. The van der Waals surface area contributed by atoms with Crippen LogP contribution in [0.4, 0.5) is 0 Å². The average molecular weight is 545 g/mol. The molecule has 1 N–H and O–H groups in total. The van der Waals surface area contributed by atoms with Crippen LogP contribution in [0, 0.1) is 13.8 Å². The van der Waals surface area contributed by atoms with Gasteiger partial charge >= 0.3 is 5.97 Å². The molecule has 1 atom stereocenters. The zero-order valence-corrected chi connectivity index (χ0v) is 23.4. The third kappa shape index (κ3) is 6.61. The van der Waals surface area contributed by atoms with E-state index in [2.05, 4.69) is 42.3 Å². The number of fused-ring (bicyclic) bond motifs is 1. The van der Waals surface area contributed by atoms with E-state index < -0.39 is 5.97 Å². The molecule has 2 aromatic heterocycles. The van der Waals surface area contributed by atoms with Crippen molar-refractivity contribution in [2.75, 3.05) is 6.61 Å². The van der Waals surface area contributed by atoms with E-state index in [0.29, 0.717) is 16.9 Å². The van der Waals surface area contributed by atoms with Gasteiger partial charge in [0.05, 0.1) is 19.1 Å². The summed E-state index contributed by atoms with van der Waals surface area (Å²) in [5.74, 6) is -0.00432. The molecule has 41 heavy (non-hydrogen) atoms. The van der Waals surface area contributed by atoms with E-state index in [-0.39, 0.29) is 25.0 Å². The summed E-state index contributed by atoms with van der Waals surface area (Å²) in [7, 11) is 0. The summed E-state index contributed by atoms with van der Waals surface area (Å²) in [5.41, 5.74) is 7.31. The second kappa shape index (κ2) is 12.5. The number of nitrogens with one attached hydrogen (secondary N) is 1. The predicted octanol–water partition coefficient (Wildman–Crippen LogP) is 6.89. The summed E-state index contributed by atoms with van der Waals surface area (Å²) in [5, 5.41) is 4.09. The van der Waals surface area contributed by atoms with Gasteiger partial charge in [-0.2, -0.15) is 0 Å². The number of rotatable bonds is 9. The van der Waals surface area contributed by atoms with Gasteiger partial charge in [0.2, 0.25) is 5.91 Å². The third-order valence-electron chi connectivity index (χ3n) is 6.93. The third-order valence-corrected chi connectivity index (χ3v) is 6.93. The van der Waals surface area contributed by atoms with Gasteiger partial charge in [-0.1, -0.05) is 60.2 Å². The molecule has 6 nitrogen and oxygen atoms in total. The van der Waals surface area contributed by atoms with Crippen LogP contribution in [0.2, 0.25) is 0 Å². The number of ether oxygens (including phenoxy) is 1. The molecule has 3 aromatic carbocycles. The Balaban J connectivity index is 1.41. The molecular formula is C35H32N2O4. The Labute approximate surface area is 239 Å². The molecule has 0 fully saturated rings. The second-order valence-electron chi connectivity index (χ2n) is 9.98. The van der Waals surface area contributed by atoms with Crippen LogP contribution in [0.25, 0.3) is 16.5 Å². The van der Waals surface area contributed by atoms with Crippen LogP contribution >= 0.6 is 0 Å². The molecule has 6 heteroatoms. The van der Waals surface area contributed by atoms with E-state index in [1.54, 1.807) is 19.3 Å². The number of hydrogen-bond donors (Lipinski definition) is 1. The van der Waals surface area contributed by atoms with Crippen LogP contribution in [0.15, 0.2) is 108 Å². The van der Waals surface area contributed by atoms with Gasteiger partial charge in [-0.05, 0) is 78.9 Å². The molecule has 206 valence electrons. The van der Waals surface area contributed by atoms with Gasteiger partial charge in [-0.25, -0.2) is 4.79 Å². The number of furan rings is 1. The lowest BCUT2D eigenvalue weighted by Crippen LogP contribution is -2.31. The lowest BCUT2D eigenvalue weighted by molar-refractivity contribution is -0.137. The summed E-state index contributed by atoms with van der Waals surface area (Å²) in [4.78, 5) is 29.8. The van der Waals surface area contributed by atoms with Crippen LogP contribution in [0.5, 0.6) is 0 Å². The normalized spacial score (nSPS) is 12.2. The highest BCUT2D eigenvalue weighted by Crippen LogP contribution is 2.30. The minimum Gasteiger partial charge on any atom is -0.463 e. The topological polar surface area (TPSA) is 81.4 Å². The summed E-state index contributed by atoms with van der Waals surface area (Å²) >= 11 is 0. The van der Waals surface area contributed by atoms with Crippen molar-refractivity contribution in [1.29, 1.82) is 0 Å². The minimum atomic E-state index is -0.450. The maximum Gasteiger partial charge on any atom is 0.331 e. The maximum atomic E-state index is 13.4. The molecule has 2 heterocycles. The average Bonchev–Trinajstić information content (AvgIpc) is 3.39. The van der Waals surface area contributed by atoms with Crippen molar-refractivity contribution in [3.63, 3.8) is 0 Å². The zero-order valence-electron chi connectivity index (χ0n) is 23.4. The van der Waals surface area contributed by atoms with Gasteiger partial charge in [-0.3, -0.25) is 9.78 Å². The molecule has 0 saturated carbocycles. The Kier molecular flexibility index (Phi) is 8.39. The molecule has 0 aliphatic heterocycles. The fourth-order valence-electron chi connectivity index (χ4n) is 5.00. The standard InChI is InChI=1S/C35H32N2O4/c1-4-40-34(39)22-30(26-14-16-36-17-15-26)32-21-28-19-25(11-13-31(28)41-32)20-33(38)37-35(27-8-6-5-7-9-27)29-12-10-23(2)18-24(29)3/h5-19,21-22,35H,4,20H2,1-3H3,(H,37,38). The highest BCUT2D eigenvalue weighted by molar-refractivity contribution is 5.97. The lowest BCUT2D eigenvalue weighted by atomic mass is 9.93. The monoisotopic (exact) mass is 544 g/mol. The highest BCUT2D eigenvalue weighted by atomic mass is 16.5. The van der Waals surface area contributed by atoms with Crippen molar-refractivity contribution in [3.05, 3.63) is 143 Å². The minimum absolute atomic E-state index is 0.0819. The van der Waals surface area contributed by atoms with Crippen molar-refractivity contribution in [2.45, 2.75) is 33.2 Å². The van der Waals surface area contributed by atoms with Gasteiger partial charge in [0, 0.05) is 29.4 Å². The van der Waals surface area contributed by atoms with E-state index in [1.165, 1.54) is 11.6 Å². The molecule has 5 aromatic rings.